The summed E-state index contributed by atoms with van der Waals surface area (Å²) in [4.78, 5) is 15.7. The van der Waals surface area contributed by atoms with Gasteiger partial charge in [-0.2, -0.15) is 13.2 Å². The average molecular weight is 365 g/mol. The summed E-state index contributed by atoms with van der Waals surface area (Å²) in [6.07, 6.45) is 2.90. The van der Waals surface area contributed by atoms with Crippen molar-refractivity contribution in [3.63, 3.8) is 0 Å². The quantitative estimate of drug-likeness (QED) is 0.480. The van der Waals surface area contributed by atoms with Crippen molar-refractivity contribution in [1.29, 1.82) is 0 Å². The van der Waals surface area contributed by atoms with Crippen LogP contribution in [0, 0.1) is 5.92 Å². The van der Waals surface area contributed by atoms with Crippen LogP contribution in [0.25, 0.3) is 0 Å². The summed E-state index contributed by atoms with van der Waals surface area (Å²) in [6.45, 7) is 0.419. The van der Waals surface area contributed by atoms with Gasteiger partial charge in [-0.05, 0) is 25.3 Å². The van der Waals surface area contributed by atoms with E-state index in [1.165, 1.54) is 11.8 Å². The normalized spacial score (nSPS) is 18.0. The SMILES string of the molecule is O=C(NCCSc1ncc(C(F)(F)F)cc1Cl)C1CC=CCC1. The zero-order valence-corrected chi connectivity index (χ0v) is 13.8. The predicted octanol–water partition coefficient (Wildman–Crippen LogP) is 4.32. The van der Waals surface area contributed by atoms with E-state index in [-0.39, 0.29) is 16.8 Å². The number of hydrogen-bond donors (Lipinski definition) is 1. The molecule has 1 aliphatic rings. The Balaban J connectivity index is 1.78. The van der Waals surface area contributed by atoms with E-state index in [0.717, 1.165) is 31.5 Å². The molecule has 0 radical (unpaired) electrons. The number of allylic oxidation sites excluding steroid dienone is 2. The summed E-state index contributed by atoms with van der Waals surface area (Å²) in [5.41, 5.74) is -0.870. The highest BCUT2D eigenvalue weighted by Gasteiger charge is 2.31. The topological polar surface area (TPSA) is 42.0 Å². The van der Waals surface area contributed by atoms with E-state index in [4.69, 9.17) is 11.6 Å². The molecule has 1 aromatic rings. The fourth-order valence-electron chi connectivity index (χ4n) is 2.18. The van der Waals surface area contributed by atoms with Gasteiger partial charge in [0.25, 0.3) is 0 Å². The van der Waals surface area contributed by atoms with E-state index >= 15 is 0 Å². The van der Waals surface area contributed by atoms with Crippen molar-refractivity contribution in [2.45, 2.75) is 30.5 Å². The number of nitrogens with zero attached hydrogens (tertiary/aromatic N) is 1. The maximum Gasteiger partial charge on any atom is 0.417 e. The molecular formula is C15H16ClF3N2OS. The summed E-state index contributed by atoms with van der Waals surface area (Å²) in [5, 5.41) is 3.13. The largest absolute Gasteiger partial charge is 0.417 e. The van der Waals surface area contributed by atoms with Gasteiger partial charge in [0.05, 0.1) is 10.6 Å². The van der Waals surface area contributed by atoms with Crippen molar-refractivity contribution in [3.05, 3.63) is 35.0 Å². The molecular weight excluding hydrogens is 349 g/mol. The standard InChI is InChI=1S/C15H16ClF3N2OS/c16-12-8-11(15(17,18)19)9-21-14(12)23-7-6-20-13(22)10-4-2-1-3-5-10/h1-2,8-10H,3-7H2,(H,20,22). The predicted molar refractivity (Wildman–Crippen MR) is 84.5 cm³/mol. The monoisotopic (exact) mass is 364 g/mol. The third kappa shape index (κ3) is 5.42. The second-order valence-electron chi connectivity index (χ2n) is 5.13. The van der Waals surface area contributed by atoms with Gasteiger partial charge >= 0.3 is 6.18 Å². The van der Waals surface area contributed by atoms with Crippen molar-refractivity contribution < 1.29 is 18.0 Å². The van der Waals surface area contributed by atoms with Crippen molar-refractivity contribution in [2.75, 3.05) is 12.3 Å². The number of aromatic nitrogens is 1. The Morgan fingerprint density at radius 2 is 2.22 bits per heavy atom. The lowest BCUT2D eigenvalue weighted by Crippen LogP contribution is -2.32. The van der Waals surface area contributed by atoms with E-state index in [2.05, 4.69) is 16.4 Å². The van der Waals surface area contributed by atoms with Gasteiger partial charge in [0.2, 0.25) is 5.91 Å². The van der Waals surface area contributed by atoms with Crippen molar-refractivity contribution in [3.8, 4) is 0 Å². The number of hydrogen-bond acceptors (Lipinski definition) is 3. The lowest BCUT2D eigenvalue weighted by molar-refractivity contribution is -0.137. The molecule has 0 fully saturated rings. The Morgan fingerprint density at radius 3 is 2.83 bits per heavy atom. The number of carbonyl (C=O) groups excluding carboxylic acids is 1. The van der Waals surface area contributed by atoms with Crippen LogP contribution in [0.3, 0.4) is 0 Å². The van der Waals surface area contributed by atoms with Gasteiger partial charge in [0.15, 0.2) is 0 Å². The number of nitrogens with one attached hydrogen (secondary N) is 1. The minimum Gasteiger partial charge on any atom is -0.355 e. The van der Waals surface area contributed by atoms with Gasteiger partial charge in [-0.3, -0.25) is 4.79 Å². The first kappa shape index (κ1) is 18.1. The Bertz CT molecular complexity index is 593. The molecule has 1 heterocycles. The van der Waals surface area contributed by atoms with Crippen molar-refractivity contribution in [2.24, 2.45) is 5.92 Å². The molecule has 1 aromatic heterocycles. The van der Waals surface area contributed by atoms with Crippen LogP contribution in [-0.2, 0) is 11.0 Å². The molecule has 1 atom stereocenters. The number of amides is 1. The number of thioether (sulfide) groups is 1. The Labute approximate surface area is 141 Å². The Kier molecular flexibility index (Phi) is 6.35. The molecule has 1 N–H and O–H groups in total. The number of halogens is 4. The van der Waals surface area contributed by atoms with Gasteiger partial charge in [-0.25, -0.2) is 4.98 Å². The van der Waals surface area contributed by atoms with Crippen LogP contribution < -0.4 is 5.32 Å². The third-order valence-electron chi connectivity index (χ3n) is 3.41. The summed E-state index contributed by atoms with van der Waals surface area (Å²) in [6, 6.07) is 0.865. The molecule has 0 saturated heterocycles. The Hall–Kier alpha value is -1.21. The maximum atomic E-state index is 12.5. The molecule has 0 bridgehead atoms. The molecule has 8 heteroatoms. The number of pyridine rings is 1. The van der Waals surface area contributed by atoms with Gasteiger partial charge in [-0.15, -0.1) is 11.8 Å². The van der Waals surface area contributed by atoms with Crippen LogP contribution in [0.2, 0.25) is 5.02 Å². The molecule has 23 heavy (non-hydrogen) atoms. The van der Waals surface area contributed by atoms with Crippen LogP contribution >= 0.6 is 23.4 Å². The summed E-state index contributed by atoms with van der Waals surface area (Å²) in [5.74, 6) is 0.519. The van der Waals surface area contributed by atoms with E-state index in [1.54, 1.807) is 0 Å². The number of carbonyl (C=O) groups is 1. The molecule has 3 nitrogen and oxygen atoms in total. The Morgan fingerprint density at radius 1 is 1.43 bits per heavy atom. The van der Waals surface area contributed by atoms with Crippen LogP contribution in [0.4, 0.5) is 13.2 Å². The first-order valence-corrected chi connectivity index (χ1v) is 8.52. The zero-order valence-electron chi connectivity index (χ0n) is 12.2. The van der Waals surface area contributed by atoms with Crippen LogP contribution in [-0.4, -0.2) is 23.2 Å². The van der Waals surface area contributed by atoms with E-state index in [0.29, 0.717) is 17.3 Å². The highest BCUT2D eigenvalue weighted by Crippen LogP contribution is 2.33. The molecule has 1 aliphatic carbocycles. The van der Waals surface area contributed by atoms with Crippen LogP contribution in [0.15, 0.2) is 29.4 Å². The fourth-order valence-corrected chi connectivity index (χ4v) is 3.24. The molecule has 2 rings (SSSR count). The second kappa shape index (κ2) is 8.06. The number of rotatable bonds is 5. The lowest BCUT2D eigenvalue weighted by Gasteiger charge is -2.17. The summed E-state index contributed by atoms with van der Waals surface area (Å²) in [7, 11) is 0. The summed E-state index contributed by atoms with van der Waals surface area (Å²) < 4.78 is 37.5. The molecule has 126 valence electrons. The van der Waals surface area contributed by atoms with Gasteiger partial charge in [0.1, 0.15) is 5.03 Å². The molecule has 0 aromatic carbocycles. The van der Waals surface area contributed by atoms with Crippen LogP contribution in [0.1, 0.15) is 24.8 Å². The lowest BCUT2D eigenvalue weighted by atomic mass is 9.94. The average Bonchev–Trinajstić information content (AvgIpc) is 2.52. The van der Waals surface area contributed by atoms with E-state index in [1.807, 2.05) is 6.08 Å². The molecule has 0 spiro atoms. The molecule has 1 unspecified atom stereocenters. The maximum absolute atomic E-state index is 12.5. The zero-order chi connectivity index (χ0) is 16.9. The highest BCUT2D eigenvalue weighted by atomic mass is 35.5. The molecule has 0 aliphatic heterocycles. The van der Waals surface area contributed by atoms with E-state index < -0.39 is 11.7 Å². The number of alkyl halides is 3. The second-order valence-corrected chi connectivity index (χ2v) is 6.62. The van der Waals surface area contributed by atoms with Gasteiger partial charge < -0.3 is 5.32 Å². The smallest absolute Gasteiger partial charge is 0.355 e. The fraction of sp³-hybridized carbons (Fsp3) is 0.467. The third-order valence-corrected chi connectivity index (χ3v) is 4.82. The molecule has 1 amide bonds. The van der Waals surface area contributed by atoms with Gasteiger partial charge in [0, 0.05) is 24.4 Å². The summed E-state index contributed by atoms with van der Waals surface area (Å²) >= 11 is 7.04. The van der Waals surface area contributed by atoms with Crippen LogP contribution in [0.5, 0.6) is 0 Å². The minimum absolute atomic E-state index is 0.0118. The first-order valence-electron chi connectivity index (χ1n) is 7.16. The first-order chi connectivity index (χ1) is 10.9. The van der Waals surface area contributed by atoms with Gasteiger partial charge in [-0.1, -0.05) is 23.8 Å². The minimum atomic E-state index is -4.46. The van der Waals surface area contributed by atoms with E-state index in [9.17, 15) is 18.0 Å². The molecule has 0 saturated carbocycles. The van der Waals surface area contributed by atoms with Crippen molar-refractivity contribution >= 4 is 29.3 Å². The van der Waals surface area contributed by atoms with Crippen molar-refractivity contribution in [1.82, 2.24) is 10.3 Å². The highest BCUT2D eigenvalue weighted by molar-refractivity contribution is 7.99.